The van der Waals surface area contributed by atoms with E-state index >= 15 is 0 Å². The van der Waals surface area contributed by atoms with Gasteiger partial charge in [-0.05, 0) is 30.3 Å². The van der Waals surface area contributed by atoms with Crippen LogP contribution in [-0.4, -0.2) is 22.2 Å². The fourth-order valence-corrected chi connectivity index (χ4v) is 1.94. The zero-order valence-electron chi connectivity index (χ0n) is 11.6. The van der Waals surface area contributed by atoms with E-state index in [9.17, 15) is 9.59 Å². The topological polar surface area (TPSA) is 90.3 Å². The van der Waals surface area contributed by atoms with Gasteiger partial charge in [0.25, 0.3) is 11.5 Å². The molecule has 7 nitrogen and oxygen atoms in total. The van der Waals surface area contributed by atoms with E-state index in [2.05, 4.69) is 10.4 Å². The van der Waals surface area contributed by atoms with Crippen LogP contribution in [0.3, 0.4) is 0 Å². The van der Waals surface area contributed by atoms with Crippen LogP contribution in [0, 0.1) is 0 Å². The van der Waals surface area contributed by atoms with Crippen molar-refractivity contribution in [1.82, 2.24) is 15.1 Å². The van der Waals surface area contributed by atoms with Gasteiger partial charge in [0, 0.05) is 12.6 Å². The van der Waals surface area contributed by atoms with E-state index in [4.69, 9.17) is 8.83 Å². The molecular formula is C15H13N3O4. The Morgan fingerprint density at radius 2 is 1.95 bits per heavy atom. The summed E-state index contributed by atoms with van der Waals surface area (Å²) in [7, 11) is 0. The lowest BCUT2D eigenvalue weighted by Gasteiger charge is -2.06. The molecule has 0 radical (unpaired) electrons. The van der Waals surface area contributed by atoms with Crippen LogP contribution in [0.25, 0.3) is 11.5 Å². The highest BCUT2D eigenvalue weighted by Crippen LogP contribution is 2.14. The minimum Gasteiger partial charge on any atom is -0.463 e. The summed E-state index contributed by atoms with van der Waals surface area (Å²) in [5, 5.41) is 6.87. The normalized spacial score (nSPS) is 10.5. The third-order valence-electron chi connectivity index (χ3n) is 2.99. The first-order chi connectivity index (χ1) is 10.7. The Morgan fingerprint density at radius 1 is 1.14 bits per heavy atom. The minimum atomic E-state index is -0.333. The molecule has 0 saturated carbocycles. The van der Waals surface area contributed by atoms with Gasteiger partial charge in [-0.25, -0.2) is 4.68 Å². The Balaban J connectivity index is 1.66. The molecule has 3 aromatic heterocycles. The van der Waals surface area contributed by atoms with Crippen molar-refractivity contribution in [2.75, 3.05) is 6.54 Å². The van der Waals surface area contributed by atoms with Crippen molar-refractivity contribution < 1.29 is 13.6 Å². The summed E-state index contributed by atoms with van der Waals surface area (Å²) in [6, 6.07) is 9.72. The second-order valence-electron chi connectivity index (χ2n) is 4.49. The Bertz CT molecular complexity index is 804. The summed E-state index contributed by atoms with van der Waals surface area (Å²) >= 11 is 0. The van der Waals surface area contributed by atoms with E-state index in [1.165, 1.54) is 23.3 Å². The molecule has 1 amide bonds. The molecule has 0 aliphatic rings. The van der Waals surface area contributed by atoms with Crippen LogP contribution in [0.1, 0.15) is 10.6 Å². The highest BCUT2D eigenvalue weighted by Gasteiger charge is 2.09. The number of hydrogen-bond donors (Lipinski definition) is 1. The van der Waals surface area contributed by atoms with Gasteiger partial charge in [-0.3, -0.25) is 9.59 Å². The number of rotatable bonds is 5. The Hall–Kier alpha value is -3.09. The molecule has 7 heteroatoms. The Morgan fingerprint density at radius 3 is 2.68 bits per heavy atom. The molecule has 0 aliphatic heterocycles. The molecule has 1 N–H and O–H groups in total. The van der Waals surface area contributed by atoms with E-state index in [0.29, 0.717) is 11.5 Å². The number of carbonyl (C=O) groups excluding carboxylic acids is 1. The van der Waals surface area contributed by atoms with E-state index in [0.717, 1.165) is 0 Å². The summed E-state index contributed by atoms with van der Waals surface area (Å²) in [6.07, 6.45) is 2.96. The predicted molar refractivity (Wildman–Crippen MR) is 77.2 cm³/mol. The lowest BCUT2D eigenvalue weighted by molar-refractivity contribution is 0.0924. The van der Waals surface area contributed by atoms with E-state index in [-0.39, 0.29) is 30.3 Å². The summed E-state index contributed by atoms with van der Waals surface area (Å²) in [4.78, 5) is 23.5. The van der Waals surface area contributed by atoms with Crippen LogP contribution in [0.2, 0.25) is 0 Å². The highest BCUT2D eigenvalue weighted by molar-refractivity contribution is 5.91. The zero-order valence-corrected chi connectivity index (χ0v) is 11.6. The first-order valence-corrected chi connectivity index (χ1v) is 6.68. The van der Waals surface area contributed by atoms with Crippen LogP contribution in [-0.2, 0) is 6.54 Å². The molecule has 112 valence electrons. The van der Waals surface area contributed by atoms with Crippen LogP contribution in [0.15, 0.2) is 62.6 Å². The SMILES string of the molecule is O=C(NCCn1nc(-c2ccco2)ccc1=O)c1ccco1. The van der Waals surface area contributed by atoms with Crippen molar-refractivity contribution >= 4 is 5.91 Å². The van der Waals surface area contributed by atoms with Crippen molar-refractivity contribution in [2.45, 2.75) is 6.54 Å². The minimum absolute atomic E-state index is 0.227. The molecule has 3 heterocycles. The van der Waals surface area contributed by atoms with Crippen LogP contribution in [0.5, 0.6) is 0 Å². The van der Waals surface area contributed by atoms with Crippen LogP contribution < -0.4 is 10.9 Å². The van der Waals surface area contributed by atoms with Crippen LogP contribution >= 0.6 is 0 Å². The highest BCUT2D eigenvalue weighted by atomic mass is 16.3. The molecule has 0 aromatic carbocycles. The van der Waals surface area contributed by atoms with Crippen molar-refractivity contribution in [3.63, 3.8) is 0 Å². The van der Waals surface area contributed by atoms with E-state index in [1.54, 1.807) is 30.3 Å². The first kappa shape index (κ1) is 13.9. The van der Waals surface area contributed by atoms with Gasteiger partial charge in [0.05, 0.1) is 19.1 Å². The summed E-state index contributed by atoms with van der Waals surface area (Å²) < 4.78 is 11.5. The lowest BCUT2D eigenvalue weighted by Crippen LogP contribution is -2.31. The second kappa shape index (κ2) is 6.13. The smallest absolute Gasteiger partial charge is 0.287 e. The maximum Gasteiger partial charge on any atom is 0.287 e. The summed E-state index contributed by atoms with van der Waals surface area (Å²) in [5.41, 5.74) is 0.310. The Labute approximate surface area is 125 Å². The van der Waals surface area contributed by atoms with Crippen molar-refractivity contribution in [2.24, 2.45) is 0 Å². The lowest BCUT2D eigenvalue weighted by atomic mass is 10.3. The monoisotopic (exact) mass is 299 g/mol. The molecule has 0 unspecified atom stereocenters. The third kappa shape index (κ3) is 2.98. The number of furan rings is 2. The number of hydrogen-bond acceptors (Lipinski definition) is 5. The van der Waals surface area contributed by atoms with Gasteiger partial charge in [0.15, 0.2) is 11.5 Å². The maximum absolute atomic E-state index is 11.8. The van der Waals surface area contributed by atoms with Gasteiger partial charge >= 0.3 is 0 Å². The quantitative estimate of drug-likeness (QED) is 0.771. The predicted octanol–water partition coefficient (Wildman–Crippen LogP) is 1.53. The van der Waals surface area contributed by atoms with Crippen LogP contribution in [0.4, 0.5) is 0 Å². The number of carbonyl (C=O) groups is 1. The fraction of sp³-hybridized carbons (Fsp3) is 0.133. The largest absolute Gasteiger partial charge is 0.463 e. The van der Waals surface area contributed by atoms with Gasteiger partial charge < -0.3 is 14.2 Å². The van der Waals surface area contributed by atoms with Gasteiger partial charge in [0.1, 0.15) is 5.69 Å². The van der Waals surface area contributed by atoms with E-state index < -0.39 is 0 Å². The standard InChI is InChI=1S/C15H13N3O4/c19-14-6-5-11(12-3-1-9-21-12)17-18(14)8-7-16-15(20)13-4-2-10-22-13/h1-6,9-10H,7-8H2,(H,16,20). The van der Waals surface area contributed by atoms with Crippen molar-refractivity contribution in [1.29, 1.82) is 0 Å². The zero-order chi connectivity index (χ0) is 15.4. The summed E-state index contributed by atoms with van der Waals surface area (Å²) in [5.74, 6) is 0.471. The molecule has 3 aromatic rings. The molecule has 0 fully saturated rings. The summed E-state index contributed by atoms with van der Waals surface area (Å²) in [6.45, 7) is 0.508. The van der Waals surface area contributed by atoms with Gasteiger partial charge in [-0.2, -0.15) is 5.10 Å². The van der Waals surface area contributed by atoms with Crippen molar-refractivity contribution in [3.8, 4) is 11.5 Å². The van der Waals surface area contributed by atoms with Crippen molar-refractivity contribution in [3.05, 3.63) is 65.0 Å². The second-order valence-corrected chi connectivity index (χ2v) is 4.49. The Kier molecular flexibility index (Phi) is 3.86. The van der Waals surface area contributed by atoms with Gasteiger partial charge in [-0.15, -0.1) is 0 Å². The molecule has 0 saturated heterocycles. The molecule has 22 heavy (non-hydrogen) atoms. The van der Waals surface area contributed by atoms with Gasteiger partial charge in [-0.1, -0.05) is 0 Å². The molecular weight excluding hydrogens is 286 g/mol. The average molecular weight is 299 g/mol. The maximum atomic E-state index is 11.8. The van der Waals surface area contributed by atoms with E-state index in [1.807, 2.05) is 0 Å². The molecule has 0 aliphatic carbocycles. The van der Waals surface area contributed by atoms with Gasteiger partial charge in [0.2, 0.25) is 0 Å². The number of nitrogens with one attached hydrogen (secondary N) is 1. The molecule has 3 rings (SSSR count). The molecule has 0 spiro atoms. The molecule has 0 atom stereocenters. The number of amides is 1. The number of aromatic nitrogens is 2. The fourth-order valence-electron chi connectivity index (χ4n) is 1.94. The number of nitrogens with zero attached hydrogens (tertiary/aromatic N) is 2. The average Bonchev–Trinajstić information content (AvgIpc) is 3.22. The third-order valence-corrected chi connectivity index (χ3v) is 2.99. The first-order valence-electron chi connectivity index (χ1n) is 6.68. The molecule has 0 bridgehead atoms.